The number of aryl methyl sites for hydroxylation is 1. The van der Waals surface area contributed by atoms with Crippen LogP contribution in [0.3, 0.4) is 0 Å². The van der Waals surface area contributed by atoms with Crippen molar-refractivity contribution in [3.63, 3.8) is 0 Å². The first kappa shape index (κ1) is 23.3. The quantitative estimate of drug-likeness (QED) is 0.265. The number of carbonyl (C=O) groups is 1. The van der Waals surface area contributed by atoms with E-state index in [-0.39, 0.29) is 4.90 Å². The van der Waals surface area contributed by atoms with Crippen LogP contribution in [0.2, 0.25) is 5.02 Å². The van der Waals surface area contributed by atoms with E-state index in [1.807, 2.05) is 13.0 Å². The molecule has 0 fully saturated rings. The lowest BCUT2D eigenvalue weighted by Crippen LogP contribution is -2.38. The van der Waals surface area contributed by atoms with Crippen LogP contribution >= 0.6 is 34.7 Å². The molecule has 3 aromatic rings. The lowest BCUT2D eigenvalue weighted by Gasteiger charge is -2.24. The monoisotopic (exact) mass is 494 g/mol. The van der Waals surface area contributed by atoms with Crippen molar-refractivity contribution in [3.8, 4) is 0 Å². The Morgan fingerprint density at radius 2 is 2.00 bits per heavy atom. The first-order valence-corrected chi connectivity index (χ1v) is 12.6. The summed E-state index contributed by atoms with van der Waals surface area (Å²) in [6, 6.07) is 12.7. The number of hydrogen-bond acceptors (Lipinski definition) is 7. The molecule has 0 aliphatic rings. The zero-order valence-electron chi connectivity index (χ0n) is 16.5. The highest BCUT2D eigenvalue weighted by molar-refractivity contribution is 8.01. The van der Waals surface area contributed by atoms with Gasteiger partial charge in [-0.3, -0.25) is 14.4 Å². The molecule has 1 aromatic heterocycles. The Bertz CT molecular complexity index is 1180. The van der Waals surface area contributed by atoms with E-state index in [1.165, 1.54) is 47.4 Å². The number of nitrogens with zero attached hydrogens (tertiary/aromatic N) is 3. The average molecular weight is 495 g/mol. The van der Waals surface area contributed by atoms with Gasteiger partial charge in [-0.25, -0.2) is 8.42 Å². The first-order chi connectivity index (χ1) is 14.8. The van der Waals surface area contributed by atoms with Gasteiger partial charge in [-0.05, 0) is 48.9 Å². The van der Waals surface area contributed by atoms with Gasteiger partial charge >= 0.3 is 0 Å². The number of sulfonamides is 1. The van der Waals surface area contributed by atoms with Crippen LogP contribution in [0.15, 0.2) is 70.4 Å². The molecule has 3 rings (SSSR count). The van der Waals surface area contributed by atoms with E-state index in [2.05, 4.69) is 22.1 Å². The maximum Gasteiger partial charge on any atom is 0.264 e. The minimum atomic E-state index is -4.02. The topological polar surface area (TPSA) is 92.3 Å². The average Bonchev–Trinajstić information content (AvgIpc) is 3.17. The van der Waals surface area contributed by atoms with E-state index in [9.17, 15) is 13.2 Å². The number of nitrogens with one attached hydrogen (secondary N) is 1. The van der Waals surface area contributed by atoms with Crippen molar-refractivity contribution >= 4 is 61.4 Å². The molecule has 0 saturated carbocycles. The Balaban J connectivity index is 1.86. The molecule has 0 aliphatic carbocycles. The third-order valence-electron chi connectivity index (χ3n) is 3.96. The van der Waals surface area contributed by atoms with E-state index in [4.69, 9.17) is 11.6 Å². The fraction of sp³-hybridized carbons (Fsp3) is 0.150. The van der Waals surface area contributed by atoms with Gasteiger partial charge in [-0.1, -0.05) is 52.9 Å². The number of anilines is 2. The summed E-state index contributed by atoms with van der Waals surface area (Å²) < 4.78 is 28.4. The summed E-state index contributed by atoms with van der Waals surface area (Å²) in [7, 11) is -4.02. The summed E-state index contributed by atoms with van der Waals surface area (Å²) in [5, 5.41) is 11.3. The second-order valence-electron chi connectivity index (χ2n) is 6.33. The van der Waals surface area contributed by atoms with Crippen molar-refractivity contribution < 1.29 is 13.2 Å². The van der Waals surface area contributed by atoms with Crippen LogP contribution < -0.4 is 9.62 Å². The van der Waals surface area contributed by atoms with Crippen molar-refractivity contribution in [2.45, 2.75) is 16.2 Å². The molecule has 1 N–H and O–H groups in total. The Morgan fingerprint density at radius 3 is 2.68 bits per heavy atom. The van der Waals surface area contributed by atoms with Gasteiger partial charge in [0.15, 0.2) is 4.34 Å². The highest BCUT2D eigenvalue weighted by atomic mass is 35.5. The molecule has 7 nitrogen and oxygen atoms in total. The molecule has 31 heavy (non-hydrogen) atoms. The number of hydrogen-bond donors (Lipinski definition) is 1. The molecule has 1 amide bonds. The smallest absolute Gasteiger partial charge is 0.264 e. The van der Waals surface area contributed by atoms with E-state index in [0.29, 0.717) is 25.9 Å². The number of benzene rings is 2. The molecule has 0 atom stereocenters. The number of thioether (sulfide) groups is 1. The van der Waals surface area contributed by atoms with Crippen LogP contribution in [-0.4, -0.2) is 36.8 Å². The van der Waals surface area contributed by atoms with E-state index < -0.39 is 22.5 Å². The van der Waals surface area contributed by atoms with Gasteiger partial charge in [0.05, 0.1) is 10.6 Å². The molecule has 0 spiro atoms. The van der Waals surface area contributed by atoms with Gasteiger partial charge in [0.1, 0.15) is 6.54 Å². The summed E-state index contributed by atoms with van der Waals surface area (Å²) in [4.78, 5) is 12.7. The Labute approximate surface area is 194 Å². The van der Waals surface area contributed by atoms with Gasteiger partial charge in [-0.2, -0.15) is 0 Å². The predicted octanol–water partition coefficient (Wildman–Crippen LogP) is 4.61. The van der Waals surface area contributed by atoms with Gasteiger partial charge in [-0.15, -0.1) is 16.8 Å². The van der Waals surface area contributed by atoms with Gasteiger partial charge < -0.3 is 0 Å². The molecule has 162 valence electrons. The van der Waals surface area contributed by atoms with Crippen LogP contribution in [-0.2, 0) is 14.8 Å². The van der Waals surface area contributed by atoms with Crippen molar-refractivity contribution in [1.82, 2.24) is 10.2 Å². The van der Waals surface area contributed by atoms with Crippen molar-refractivity contribution in [1.29, 1.82) is 0 Å². The molecular formula is C20H19ClN4O3S3. The number of halogens is 1. The SMILES string of the molecule is C=CCSc1nnc(NC(=O)CN(c2cccc(C)c2)S(=O)(=O)c2ccc(Cl)cc2)s1. The molecular weight excluding hydrogens is 476 g/mol. The van der Waals surface area contributed by atoms with Crippen LogP contribution in [0.1, 0.15) is 5.56 Å². The number of aromatic nitrogens is 2. The Hall–Kier alpha value is -2.40. The normalized spacial score (nSPS) is 11.2. The van der Waals surface area contributed by atoms with Gasteiger partial charge in [0, 0.05) is 10.8 Å². The fourth-order valence-corrected chi connectivity index (χ4v) is 5.64. The summed E-state index contributed by atoms with van der Waals surface area (Å²) >= 11 is 8.55. The third kappa shape index (κ3) is 6.07. The molecule has 0 unspecified atom stereocenters. The lowest BCUT2D eigenvalue weighted by atomic mass is 10.2. The van der Waals surface area contributed by atoms with Crippen molar-refractivity contribution in [2.24, 2.45) is 0 Å². The Kier molecular flexibility index (Phi) is 7.71. The van der Waals surface area contributed by atoms with Crippen LogP contribution in [0, 0.1) is 6.92 Å². The van der Waals surface area contributed by atoms with E-state index in [0.717, 1.165) is 9.87 Å². The molecule has 0 aliphatic heterocycles. The third-order valence-corrected chi connectivity index (χ3v) is 7.96. The first-order valence-electron chi connectivity index (χ1n) is 9.01. The standard InChI is InChI=1S/C20H19ClN4O3S3/c1-3-11-29-20-24-23-19(30-20)22-18(26)13-25(16-6-4-5-14(2)12-16)31(27,28)17-9-7-15(21)8-10-17/h3-10,12H,1,11,13H2,2H3,(H,22,23,26). The maximum atomic E-state index is 13.3. The lowest BCUT2D eigenvalue weighted by molar-refractivity contribution is -0.114. The van der Waals surface area contributed by atoms with E-state index >= 15 is 0 Å². The van der Waals surface area contributed by atoms with Gasteiger partial charge in [0.2, 0.25) is 11.0 Å². The van der Waals surface area contributed by atoms with E-state index in [1.54, 1.807) is 24.3 Å². The van der Waals surface area contributed by atoms with Crippen LogP contribution in [0.5, 0.6) is 0 Å². The van der Waals surface area contributed by atoms with Gasteiger partial charge in [0.25, 0.3) is 10.0 Å². The van der Waals surface area contributed by atoms with Crippen molar-refractivity contribution in [3.05, 3.63) is 71.8 Å². The summed E-state index contributed by atoms with van der Waals surface area (Å²) in [6.07, 6.45) is 1.74. The molecule has 0 saturated heterocycles. The minimum Gasteiger partial charge on any atom is -0.299 e. The highest BCUT2D eigenvalue weighted by Crippen LogP contribution is 2.27. The molecule has 11 heteroatoms. The molecule has 1 heterocycles. The number of amides is 1. The summed E-state index contributed by atoms with van der Waals surface area (Å²) in [5.41, 5.74) is 1.24. The zero-order valence-corrected chi connectivity index (χ0v) is 19.7. The zero-order chi connectivity index (χ0) is 22.4. The summed E-state index contributed by atoms with van der Waals surface area (Å²) in [5.74, 6) is 0.138. The Morgan fingerprint density at radius 1 is 1.26 bits per heavy atom. The maximum absolute atomic E-state index is 13.3. The fourth-order valence-electron chi connectivity index (χ4n) is 2.57. The number of carbonyl (C=O) groups excluding carboxylic acids is 1. The summed E-state index contributed by atoms with van der Waals surface area (Å²) in [6.45, 7) is 5.07. The minimum absolute atomic E-state index is 0.0326. The van der Waals surface area contributed by atoms with Crippen LogP contribution in [0.4, 0.5) is 10.8 Å². The highest BCUT2D eigenvalue weighted by Gasteiger charge is 2.27. The predicted molar refractivity (Wildman–Crippen MR) is 127 cm³/mol. The molecule has 2 aromatic carbocycles. The largest absolute Gasteiger partial charge is 0.299 e. The second kappa shape index (κ2) is 10.3. The molecule has 0 radical (unpaired) electrons. The second-order valence-corrected chi connectivity index (χ2v) is 10.9. The van der Waals surface area contributed by atoms with Crippen molar-refractivity contribution in [2.75, 3.05) is 21.9 Å². The molecule has 0 bridgehead atoms. The number of rotatable bonds is 9. The van der Waals surface area contributed by atoms with Crippen LogP contribution in [0.25, 0.3) is 0 Å².